The Morgan fingerprint density at radius 3 is 2.50 bits per heavy atom. The van der Waals surface area contributed by atoms with Crippen molar-refractivity contribution in [1.82, 2.24) is 0 Å². The fourth-order valence-corrected chi connectivity index (χ4v) is 3.96. The van der Waals surface area contributed by atoms with Gasteiger partial charge in [-0.05, 0) is 54.3 Å². The number of benzene rings is 2. The second-order valence-corrected chi connectivity index (χ2v) is 7.55. The fourth-order valence-electron chi connectivity index (χ4n) is 2.91. The van der Waals surface area contributed by atoms with Gasteiger partial charge in [-0.15, -0.1) is 0 Å². The summed E-state index contributed by atoms with van der Waals surface area (Å²) in [6.07, 6.45) is 1.60. The molecule has 1 amide bonds. The maximum absolute atomic E-state index is 12.5. The summed E-state index contributed by atoms with van der Waals surface area (Å²) in [6.45, 7) is 4.20. The second-order valence-electron chi connectivity index (χ2n) is 5.87. The summed E-state index contributed by atoms with van der Waals surface area (Å²) in [4.78, 5) is 13.5. The van der Waals surface area contributed by atoms with E-state index in [2.05, 4.69) is 4.72 Å². The van der Waals surface area contributed by atoms with Gasteiger partial charge in [-0.3, -0.25) is 9.52 Å². The van der Waals surface area contributed by atoms with E-state index in [0.29, 0.717) is 12.2 Å². The molecule has 0 atom stereocenters. The molecule has 3 rings (SSSR count). The van der Waals surface area contributed by atoms with Crippen molar-refractivity contribution in [3.63, 3.8) is 0 Å². The summed E-state index contributed by atoms with van der Waals surface area (Å²) < 4.78 is 27.6. The number of amides is 1. The van der Waals surface area contributed by atoms with Crippen LogP contribution in [0.2, 0.25) is 0 Å². The molecule has 0 aromatic heterocycles. The number of nitrogens with zero attached hydrogens (tertiary/aromatic N) is 1. The monoisotopic (exact) mass is 344 g/mol. The van der Waals surface area contributed by atoms with Gasteiger partial charge < -0.3 is 4.90 Å². The fraction of sp³-hybridized carbons (Fsp3) is 0.278. The molecule has 6 heteroatoms. The zero-order valence-corrected chi connectivity index (χ0v) is 14.6. The highest BCUT2D eigenvalue weighted by Gasteiger charge is 2.23. The summed E-state index contributed by atoms with van der Waals surface area (Å²) in [5.74, 6) is -0.00176. The molecule has 1 heterocycles. The minimum atomic E-state index is -3.62. The van der Waals surface area contributed by atoms with Crippen molar-refractivity contribution in [1.29, 1.82) is 0 Å². The van der Waals surface area contributed by atoms with Gasteiger partial charge in [0.15, 0.2) is 0 Å². The molecule has 1 aliphatic rings. The Balaban J connectivity index is 1.84. The van der Waals surface area contributed by atoms with E-state index in [9.17, 15) is 13.2 Å². The van der Waals surface area contributed by atoms with Crippen LogP contribution in [-0.4, -0.2) is 20.9 Å². The normalized spacial score (nSPS) is 13.7. The molecule has 24 heavy (non-hydrogen) atoms. The number of carbonyl (C=O) groups is 1. The maximum Gasteiger partial charge on any atom is 0.261 e. The van der Waals surface area contributed by atoms with E-state index in [0.717, 1.165) is 29.7 Å². The van der Waals surface area contributed by atoms with E-state index in [1.165, 1.54) is 6.92 Å². The van der Waals surface area contributed by atoms with Crippen LogP contribution in [0.5, 0.6) is 0 Å². The summed E-state index contributed by atoms with van der Waals surface area (Å²) in [7, 11) is -3.62. The number of rotatable bonds is 4. The number of fused-ring (bicyclic) bond motifs is 1. The molecule has 1 aliphatic heterocycles. The van der Waals surface area contributed by atoms with Crippen molar-refractivity contribution >= 4 is 27.3 Å². The molecule has 0 fully saturated rings. The van der Waals surface area contributed by atoms with Crippen LogP contribution in [-0.2, 0) is 27.7 Å². The lowest BCUT2D eigenvalue weighted by molar-refractivity contribution is -0.116. The SMILES string of the molecule is CCc1ccc(S(=O)(=O)Nc2ccc3c(c2)CCN3C(C)=O)cc1. The van der Waals surface area contributed by atoms with E-state index in [-0.39, 0.29) is 10.8 Å². The zero-order chi connectivity index (χ0) is 17.3. The summed E-state index contributed by atoms with van der Waals surface area (Å²) in [5, 5.41) is 0. The molecule has 0 radical (unpaired) electrons. The molecule has 0 bridgehead atoms. The predicted molar refractivity (Wildman–Crippen MR) is 94.8 cm³/mol. The van der Waals surface area contributed by atoms with Gasteiger partial charge in [0.05, 0.1) is 4.90 Å². The van der Waals surface area contributed by atoms with Gasteiger partial charge >= 0.3 is 0 Å². The van der Waals surface area contributed by atoms with Crippen LogP contribution in [0.15, 0.2) is 47.4 Å². The van der Waals surface area contributed by atoms with Gasteiger partial charge in [0, 0.05) is 24.8 Å². The smallest absolute Gasteiger partial charge is 0.261 e. The molecule has 0 aliphatic carbocycles. The highest BCUT2D eigenvalue weighted by Crippen LogP contribution is 2.31. The molecule has 5 nitrogen and oxygen atoms in total. The van der Waals surface area contributed by atoms with E-state index in [1.807, 2.05) is 19.1 Å². The van der Waals surface area contributed by atoms with Crippen LogP contribution in [0.25, 0.3) is 0 Å². The average Bonchev–Trinajstić information content (AvgIpc) is 2.98. The Morgan fingerprint density at radius 2 is 1.88 bits per heavy atom. The van der Waals surface area contributed by atoms with E-state index < -0.39 is 10.0 Å². The Kier molecular flexibility index (Phi) is 4.32. The van der Waals surface area contributed by atoms with Gasteiger partial charge in [0.1, 0.15) is 0 Å². The van der Waals surface area contributed by atoms with Gasteiger partial charge in [-0.25, -0.2) is 8.42 Å². The third kappa shape index (κ3) is 3.14. The average molecular weight is 344 g/mol. The van der Waals surface area contributed by atoms with E-state index in [1.54, 1.807) is 35.2 Å². The Hall–Kier alpha value is -2.34. The minimum absolute atomic E-state index is 0.00176. The molecule has 2 aromatic rings. The molecule has 0 unspecified atom stereocenters. The van der Waals surface area contributed by atoms with Crippen molar-refractivity contribution in [2.75, 3.05) is 16.2 Å². The van der Waals surface area contributed by atoms with Gasteiger partial charge in [0.25, 0.3) is 10.0 Å². The molecule has 1 N–H and O–H groups in total. The molecular formula is C18H20N2O3S. The molecule has 0 saturated heterocycles. The lowest BCUT2D eigenvalue weighted by atomic mass is 10.1. The van der Waals surface area contributed by atoms with Crippen molar-refractivity contribution in [2.45, 2.75) is 31.6 Å². The zero-order valence-electron chi connectivity index (χ0n) is 13.7. The van der Waals surface area contributed by atoms with E-state index in [4.69, 9.17) is 0 Å². The highest BCUT2D eigenvalue weighted by atomic mass is 32.2. The third-order valence-corrected chi connectivity index (χ3v) is 5.65. The second kappa shape index (κ2) is 6.28. The van der Waals surface area contributed by atoms with Crippen molar-refractivity contribution in [3.05, 3.63) is 53.6 Å². The topological polar surface area (TPSA) is 66.5 Å². The summed E-state index contributed by atoms with van der Waals surface area (Å²) in [5.41, 5.74) is 3.44. The predicted octanol–water partition coefficient (Wildman–Crippen LogP) is 2.96. The largest absolute Gasteiger partial charge is 0.312 e. The quantitative estimate of drug-likeness (QED) is 0.927. The van der Waals surface area contributed by atoms with Crippen molar-refractivity contribution in [2.24, 2.45) is 0 Å². The maximum atomic E-state index is 12.5. The summed E-state index contributed by atoms with van der Waals surface area (Å²) >= 11 is 0. The van der Waals surface area contributed by atoms with Gasteiger partial charge in [-0.2, -0.15) is 0 Å². The van der Waals surface area contributed by atoms with E-state index >= 15 is 0 Å². The molecule has 2 aromatic carbocycles. The van der Waals surface area contributed by atoms with Crippen LogP contribution >= 0.6 is 0 Å². The van der Waals surface area contributed by atoms with Crippen LogP contribution < -0.4 is 9.62 Å². The molecular weight excluding hydrogens is 324 g/mol. The number of aryl methyl sites for hydroxylation is 1. The Morgan fingerprint density at radius 1 is 1.17 bits per heavy atom. The Labute approximate surface area is 142 Å². The first-order valence-corrected chi connectivity index (χ1v) is 9.42. The van der Waals surface area contributed by atoms with Crippen LogP contribution in [0.4, 0.5) is 11.4 Å². The van der Waals surface area contributed by atoms with Crippen LogP contribution in [0.1, 0.15) is 25.0 Å². The number of nitrogens with one attached hydrogen (secondary N) is 1. The first-order valence-electron chi connectivity index (χ1n) is 7.93. The number of sulfonamides is 1. The number of carbonyl (C=O) groups excluding carboxylic acids is 1. The van der Waals surface area contributed by atoms with Crippen LogP contribution in [0, 0.1) is 0 Å². The van der Waals surface area contributed by atoms with Crippen molar-refractivity contribution < 1.29 is 13.2 Å². The number of hydrogen-bond donors (Lipinski definition) is 1. The van der Waals surface area contributed by atoms with Crippen LogP contribution in [0.3, 0.4) is 0 Å². The van der Waals surface area contributed by atoms with Gasteiger partial charge in [-0.1, -0.05) is 19.1 Å². The number of anilines is 2. The Bertz CT molecular complexity index is 874. The molecule has 0 spiro atoms. The number of hydrogen-bond acceptors (Lipinski definition) is 3. The van der Waals surface area contributed by atoms with Crippen molar-refractivity contribution in [3.8, 4) is 0 Å². The lowest BCUT2D eigenvalue weighted by Gasteiger charge is -2.15. The lowest BCUT2D eigenvalue weighted by Crippen LogP contribution is -2.25. The molecule has 0 saturated carbocycles. The third-order valence-electron chi connectivity index (χ3n) is 4.25. The first kappa shape index (κ1) is 16.5. The standard InChI is InChI=1S/C18H20N2O3S/c1-3-14-4-7-17(8-5-14)24(22,23)19-16-6-9-18-15(12-16)10-11-20(18)13(2)21/h4-9,12,19H,3,10-11H2,1-2H3. The highest BCUT2D eigenvalue weighted by molar-refractivity contribution is 7.92. The first-order chi connectivity index (χ1) is 11.4. The molecule has 126 valence electrons. The summed E-state index contributed by atoms with van der Waals surface area (Å²) in [6, 6.07) is 12.2. The van der Waals surface area contributed by atoms with Gasteiger partial charge in [0.2, 0.25) is 5.91 Å². The minimum Gasteiger partial charge on any atom is -0.312 e.